The SMILES string of the molecule is CC(c1ccc(F)c(Cl)c1)N1CCN(C2CCNC2)CC1. The van der Waals surface area contributed by atoms with Gasteiger partial charge in [-0.1, -0.05) is 17.7 Å². The number of nitrogens with zero attached hydrogens (tertiary/aromatic N) is 2. The Labute approximate surface area is 131 Å². The molecule has 3 nitrogen and oxygen atoms in total. The van der Waals surface area contributed by atoms with Crippen molar-refractivity contribution in [3.05, 3.63) is 34.6 Å². The highest BCUT2D eigenvalue weighted by Gasteiger charge is 2.28. The molecule has 2 atom stereocenters. The lowest BCUT2D eigenvalue weighted by molar-refractivity contribution is 0.0787. The largest absolute Gasteiger partial charge is 0.315 e. The third-order valence-electron chi connectivity index (χ3n) is 4.87. The average Bonchev–Trinajstić information content (AvgIpc) is 3.04. The lowest BCUT2D eigenvalue weighted by atomic mass is 10.1. The summed E-state index contributed by atoms with van der Waals surface area (Å²) in [6.07, 6.45) is 1.27. The Morgan fingerprint density at radius 2 is 2.05 bits per heavy atom. The molecule has 5 heteroatoms. The van der Waals surface area contributed by atoms with Crippen molar-refractivity contribution in [3.8, 4) is 0 Å². The Balaban J connectivity index is 1.59. The Morgan fingerprint density at radius 1 is 1.29 bits per heavy atom. The summed E-state index contributed by atoms with van der Waals surface area (Å²) >= 11 is 5.90. The Kier molecular flexibility index (Phi) is 4.79. The highest BCUT2D eigenvalue weighted by atomic mass is 35.5. The molecule has 0 saturated carbocycles. The molecule has 0 spiro atoms. The Bertz CT molecular complexity index is 482. The van der Waals surface area contributed by atoms with E-state index in [9.17, 15) is 4.39 Å². The van der Waals surface area contributed by atoms with Crippen LogP contribution < -0.4 is 5.32 Å². The first-order valence-corrected chi connectivity index (χ1v) is 8.16. The standard InChI is InChI=1S/C16H23ClFN3/c1-12(13-2-3-16(18)15(17)10-13)20-6-8-21(9-7-20)14-4-5-19-11-14/h2-3,10,12,14,19H,4-9,11H2,1H3. The molecule has 2 fully saturated rings. The van der Waals surface area contributed by atoms with Crippen molar-refractivity contribution >= 4 is 11.6 Å². The molecule has 2 unspecified atom stereocenters. The van der Waals surface area contributed by atoms with Crippen LogP contribution in [-0.4, -0.2) is 55.1 Å². The van der Waals surface area contributed by atoms with E-state index >= 15 is 0 Å². The van der Waals surface area contributed by atoms with Crippen LogP contribution in [0.2, 0.25) is 5.02 Å². The number of rotatable bonds is 3. The van der Waals surface area contributed by atoms with Crippen molar-refractivity contribution in [1.82, 2.24) is 15.1 Å². The third-order valence-corrected chi connectivity index (χ3v) is 5.16. The van der Waals surface area contributed by atoms with Crippen LogP contribution >= 0.6 is 11.6 Å². The van der Waals surface area contributed by atoms with Crippen molar-refractivity contribution in [1.29, 1.82) is 0 Å². The number of halogens is 2. The van der Waals surface area contributed by atoms with Gasteiger partial charge in [0.2, 0.25) is 0 Å². The summed E-state index contributed by atoms with van der Waals surface area (Å²) in [5, 5.41) is 3.65. The lowest BCUT2D eigenvalue weighted by Crippen LogP contribution is -2.51. The second-order valence-electron chi connectivity index (χ2n) is 6.07. The van der Waals surface area contributed by atoms with Crippen LogP contribution in [0.15, 0.2) is 18.2 Å². The topological polar surface area (TPSA) is 18.5 Å². The van der Waals surface area contributed by atoms with Crippen molar-refractivity contribution in [2.45, 2.75) is 25.4 Å². The molecule has 2 aliphatic rings. The third kappa shape index (κ3) is 3.39. The summed E-state index contributed by atoms with van der Waals surface area (Å²) in [4.78, 5) is 5.06. The minimum Gasteiger partial charge on any atom is -0.315 e. The number of hydrogen-bond donors (Lipinski definition) is 1. The number of nitrogens with one attached hydrogen (secondary N) is 1. The molecule has 2 heterocycles. The van der Waals surface area contributed by atoms with E-state index in [0.717, 1.165) is 44.8 Å². The van der Waals surface area contributed by atoms with Gasteiger partial charge in [0.05, 0.1) is 5.02 Å². The zero-order valence-electron chi connectivity index (χ0n) is 12.5. The molecule has 0 aliphatic carbocycles. The molecule has 0 bridgehead atoms. The monoisotopic (exact) mass is 311 g/mol. The van der Waals surface area contributed by atoms with Crippen molar-refractivity contribution < 1.29 is 4.39 Å². The van der Waals surface area contributed by atoms with Crippen molar-refractivity contribution in [3.63, 3.8) is 0 Å². The van der Waals surface area contributed by atoms with E-state index in [1.54, 1.807) is 6.07 Å². The highest BCUT2D eigenvalue weighted by Crippen LogP contribution is 2.26. The van der Waals surface area contributed by atoms with Gasteiger partial charge in [-0.05, 0) is 37.6 Å². The zero-order chi connectivity index (χ0) is 14.8. The molecular formula is C16H23ClFN3. The van der Waals surface area contributed by atoms with Crippen LogP contribution in [0.1, 0.15) is 24.9 Å². The molecule has 116 valence electrons. The van der Waals surface area contributed by atoms with E-state index in [1.165, 1.54) is 12.5 Å². The number of piperazine rings is 1. The van der Waals surface area contributed by atoms with E-state index in [0.29, 0.717) is 6.04 Å². The normalized spacial score (nSPS) is 26.1. The van der Waals surface area contributed by atoms with Crippen LogP contribution in [0.5, 0.6) is 0 Å². The van der Waals surface area contributed by atoms with Gasteiger partial charge in [0.15, 0.2) is 0 Å². The van der Waals surface area contributed by atoms with Crippen molar-refractivity contribution in [2.75, 3.05) is 39.3 Å². The van der Waals surface area contributed by atoms with Gasteiger partial charge in [-0.15, -0.1) is 0 Å². The summed E-state index contributed by atoms with van der Waals surface area (Å²) in [5.41, 5.74) is 1.09. The summed E-state index contributed by atoms with van der Waals surface area (Å²) in [7, 11) is 0. The maximum atomic E-state index is 13.3. The van der Waals surface area contributed by atoms with E-state index in [-0.39, 0.29) is 16.9 Å². The molecular weight excluding hydrogens is 289 g/mol. The van der Waals surface area contributed by atoms with E-state index in [2.05, 4.69) is 22.0 Å². The maximum absolute atomic E-state index is 13.3. The molecule has 2 aliphatic heterocycles. The molecule has 3 rings (SSSR count). The minimum atomic E-state index is -0.342. The van der Waals surface area contributed by atoms with E-state index in [1.807, 2.05) is 6.07 Å². The van der Waals surface area contributed by atoms with Crippen LogP contribution in [0.25, 0.3) is 0 Å². The predicted octanol–water partition coefficient (Wildman–Crippen LogP) is 2.52. The van der Waals surface area contributed by atoms with Crippen molar-refractivity contribution in [2.24, 2.45) is 0 Å². The molecule has 2 saturated heterocycles. The van der Waals surface area contributed by atoms with Gasteiger partial charge in [0.25, 0.3) is 0 Å². The molecule has 1 aromatic rings. The molecule has 1 N–H and O–H groups in total. The minimum absolute atomic E-state index is 0.218. The van der Waals surface area contributed by atoms with Crippen LogP contribution in [-0.2, 0) is 0 Å². The van der Waals surface area contributed by atoms with Crippen LogP contribution in [0.3, 0.4) is 0 Å². The predicted molar refractivity (Wildman–Crippen MR) is 84.2 cm³/mol. The Morgan fingerprint density at radius 3 is 2.67 bits per heavy atom. The van der Waals surface area contributed by atoms with Crippen LogP contribution in [0, 0.1) is 5.82 Å². The average molecular weight is 312 g/mol. The van der Waals surface area contributed by atoms with Gasteiger partial charge in [0.1, 0.15) is 5.82 Å². The van der Waals surface area contributed by atoms with Crippen LogP contribution in [0.4, 0.5) is 4.39 Å². The maximum Gasteiger partial charge on any atom is 0.141 e. The van der Waals surface area contributed by atoms with E-state index < -0.39 is 0 Å². The zero-order valence-corrected chi connectivity index (χ0v) is 13.2. The summed E-state index contributed by atoms with van der Waals surface area (Å²) in [5.74, 6) is -0.342. The summed E-state index contributed by atoms with van der Waals surface area (Å²) in [6, 6.07) is 6.07. The van der Waals surface area contributed by atoms with Gasteiger partial charge in [-0.3, -0.25) is 9.80 Å². The quantitative estimate of drug-likeness (QED) is 0.925. The van der Waals surface area contributed by atoms with Gasteiger partial charge in [0, 0.05) is 44.8 Å². The highest BCUT2D eigenvalue weighted by molar-refractivity contribution is 6.30. The first-order chi connectivity index (χ1) is 10.1. The first-order valence-electron chi connectivity index (χ1n) is 7.79. The van der Waals surface area contributed by atoms with Gasteiger partial charge in [-0.25, -0.2) is 4.39 Å². The van der Waals surface area contributed by atoms with Gasteiger partial charge >= 0.3 is 0 Å². The second-order valence-corrected chi connectivity index (χ2v) is 6.48. The Hall–Kier alpha value is -0.680. The summed E-state index contributed by atoms with van der Waals surface area (Å²) < 4.78 is 13.3. The molecule has 21 heavy (non-hydrogen) atoms. The molecule has 0 aromatic heterocycles. The molecule has 0 radical (unpaired) electrons. The molecule has 0 amide bonds. The number of benzene rings is 1. The summed E-state index contributed by atoms with van der Waals surface area (Å²) in [6.45, 7) is 8.81. The van der Waals surface area contributed by atoms with E-state index in [4.69, 9.17) is 11.6 Å². The smallest absolute Gasteiger partial charge is 0.141 e. The van der Waals surface area contributed by atoms with Gasteiger partial charge < -0.3 is 5.32 Å². The fraction of sp³-hybridized carbons (Fsp3) is 0.625. The first kappa shape index (κ1) is 15.2. The number of hydrogen-bond acceptors (Lipinski definition) is 3. The molecule has 1 aromatic carbocycles. The fourth-order valence-electron chi connectivity index (χ4n) is 3.42. The second kappa shape index (κ2) is 6.61. The van der Waals surface area contributed by atoms with Gasteiger partial charge in [-0.2, -0.15) is 0 Å². The lowest BCUT2D eigenvalue weighted by Gasteiger charge is -2.40. The fourth-order valence-corrected chi connectivity index (χ4v) is 3.61.